The van der Waals surface area contributed by atoms with Crippen LogP contribution in [0.2, 0.25) is 5.02 Å². The number of amides is 2. The Morgan fingerprint density at radius 3 is 2.57 bits per heavy atom. The van der Waals surface area contributed by atoms with Crippen molar-refractivity contribution in [1.29, 1.82) is 0 Å². The average molecular weight is 315 g/mol. The van der Waals surface area contributed by atoms with Gasteiger partial charge in [-0.3, -0.25) is 19.7 Å². The van der Waals surface area contributed by atoms with Gasteiger partial charge in [0.25, 0.3) is 11.6 Å². The Bertz CT molecular complexity index is 577. The standard InChI is InChI=1S/C12H15ClN4O4/c13-8-5-7(6-9(11(8)15)17(20)21)12(19)16-4-2-1-3-10(14)18/h5-6H,1-4,15H2,(H2,14,18)(H,16,19). The van der Waals surface area contributed by atoms with Crippen molar-refractivity contribution in [3.8, 4) is 0 Å². The molecule has 0 spiro atoms. The quantitative estimate of drug-likeness (QED) is 0.300. The van der Waals surface area contributed by atoms with Crippen molar-refractivity contribution in [3.63, 3.8) is 0 Å². The molecule has 9 heteroatoms. The predicted molar refractivity (Wildman–Crippen MR) is 77.9 cm³/mol. The molecule has 0 bridgehead atoms. The maximum absolute atomic E-state index is 11.9. The zero-order chi connectivity index (χ0) is 16.0. The molecule has 0 saturated carbocycles. The third-order valence-corrected chi connectivity index (χ3v) is 3.01. The largest absolute Gasteiger partial charge is 0.392 e. The number of rotatable bonds is 7. The molecule has 0 aromatic heterocycles. The summed E-state index contributed by atoms with van der Waals surface area (Å²) in [6, 6.07) is 2.34. The van der Waals surface area contributed by atoms with E-state index in [-0.39, 0.29) is 22.7 Å². The fourth-order valence-electron chi connectivity index (χ4n) is 1.61. The molecule has 1 aromatic carbocycles. The van der Waals surface area contributed by atoms with Crippen molar-refractivity contribution in [2.45, 2.75) is 19.3 Å². The summed E-state index contributed by atoms with van der Waals surface area (Å²) in [5, 5.41) is 13.3. The first kappa shape index (κ1) is 16.7. The van der Waals surface area contributed by atoms with Crippen molar-refractivity contribution in [1.82, 2.24) is 5.32 Å². The van der Waals surface area contributed by atoms with Crippen LogP contribution in [0.5, 0.6) is 0 Å². The van der Waals surface area contributed by atoms with E-state index in [9.17, 15) is 19.7 Å². The van der Waals surface area contributed by atoms with E-state index in [0.717, 1.165) is 6.07 Å². The molecular formula is C12H15ClN4O4. The number of hydrogen-bond donors (Lipinski definition) is 3. The van der Waals surface area contributed by atoms with Crippen LogP contribution in [-0.4, -0.2) is 23.3 Å². The van der Waals surface area contributed by atoms with Crippen molar-refractivity contribution in [2.75, 3.05) is 12.3 Å². The maximum Gasteiger partial charge on any atom is 0.294 e. The maximum atomic E-state index is 11.9. The Labute approximate surface area is 125 Å². The number of benzene rings is 1. The molecule has 0 saturated heterocycles. The summed E-state index contributed by atoms with van der Waals surface area (Å²) in [6.07, 6.45) is 1.37. The number of nitrogen functional groups attached to an aromatic ring is 1. The highest BCUT2D eigenvalue weighted by Crippen LogP contribution is 2.30. The number of anilines is 1. The molecule has 21 heavy (non-hydrogen) atoms. The van der Waals surface area contributed by atoms with Gasteiger partial charge in [0.2, 0.25) is 5.91 Å². The molecule has 0 fully saturated rings. The third-order valence-electron chi connectivity index (χ3n) is 2.70. The SMILES string of the molecule is NC(=O)CCCCNC(=O)c1cc(Cl)c(N)c([N+](=O)[O-])c1. The second kappa shape index (κ2) is 7.44. The van der Waals surface area contributed by atoms with E-state index in [4.69, 9.17) is 23.1 Å². The van der Waals surface area contributed by atoms with Gasteiger partial charge in [-0.05, 0) is 18.9 Å². The van der Waals surface area contributed by atoms with E-state index < -0.39 is 22.4 Å². The molecule has 0 heterocycles. The lowest BCUT2D eigenvalue weighted by Crippen LogP contribution is -2.25. The average Bonchev–Trinajstić information content (AvgIpc) is 2.40. The molecule has 0 radical (unpaired) electrons. The summed E-state index contributed by atoms with van der Waals surface area (Å²) in [5.74, 6) is -0.902. The van der Waals surface area contributed by atoms with Gasteiger partial charge < -0.3 is 16.8 Å². The summed E-state index contributed by atoms with van der Waals surface area (Å²) in [4.78, 5) is 32.5. The Kier molecular flexibility index (Phi) is 5.92. The van der Waals surface area contributed by atoms with E-state index in [1.165, 1.54) is 6.07 Å². The Morgan fingerprint density at radius 1 is 1.33 bits per heavy atom. The molecule has 1 aromatic rings. The first-order valence-corrected chi connectivity index (χ1v) is 6.50. The summed E-state index contributed by atoms with van der Waals surface area (Å²) in [6.45, 7) is 0.321. The lowest BCUT2D eigenvalue weighted by Gasteiger charge is -2.07. The van der Waals surface area contributed by atoms with Gasteiger partial charge in [-0.15, -0.1) is 0 Å². The van der Waals surface area contributed by atoms with Gasteiger partial charge in [0.05, 0.1) is 9.95 Å². The lowest BCUT2D eigenvalue weighted by atomic mass is 10.1. The number of nitro groups is 1. The molecule has 1 rings (SSSR count). The van der Waals surface area contributed by atoms with Crippen molar-refractivity contribution in [2.24, 2.45) is 5.73 Å². The van der Waals surface area contributed by atoms with E-state index in [0.29, 0.717) is 19.4 Å². The Morgan fingerprint density at radius 2 is 2.00 bits per heavy atom. The normalized spacial score (nSPS) is 10.1. The van der Waals surface area contributed by atoms with Gasteiger partial charge in [-0.1, -0.05) is 11.6 Å². The minimum absolute atomic E-state index is 0.0517. The van der Waals surface area contributed by atoms with Crippen molar-refractivity contribution < 1.29 is 14.5 Å². The predicted octanol–water partition coefficient (Wildman–Crippen LogP) is 1.22. The monoisotopic (exact) mass is 314 g/mol. The first-order valence-electron chi connectivity index (χ1n) is 6.13. The molecule has 5 N–H and O–H groups in total. The summed E-state index contributed by atoms with van der Waals surface area (Å²) in [7, 11) is 0. The highest BCUT2D eigenvalue weighted by molar-refractivity contribution is 6.34. The van der Waals surface area contributed by atoms with E-state index >= 15 is 0 Å². The van der Waals surface area contributed by atoms with E-state index in [1.807, 2.05) is 0 Å². The number of hydrogen-bond acceptors (Lipinski definition) is 5. The van der Waals surface area contributed by atoms with Gasteiger partial charge in [0.15, 0.2) is 0 Å². The number of nitrogens with one attached hydrogen (secondary N) is 1. The molecule has 0 atom stereocenters. The van der Waals surface area contributed by atoms with Gasteiger partial charge in [0.1, 0.15) is 5.69 Å². The van der Waals surface area contributed by atoms with Crippen LogP contribution >= 0.6 is 11.6 Å². The number of carbonyl (C=O) groups is 2. The summed E-state index contributed by atoms with van der Waals surface area (Å²) in [5.41, 5.74) is 9.91. The van der Waals surface area contributed by atoms with Crippen LogP contribution in [0.25, 0.3) is 0 Å². The summed E-state index contributed by atoms with van der Waals surface area (Å²) >= 11 is 5.76. The zero-order valence-corrected chi connectivity index (χ0v) is 11.9. The number of carbonyl (C=O) groups excluding carboxylic acids is 2. The van der Waals surface area contributed by atoms with E-state index in [2.05, 4.69) is 5.32 Å². The van der Waals surface area contributed by atoms with Crippen LogP contribution in [0, 0.1) is 10.1 Å². The zero-order valence-electron chi connectivity index (χ0n) is 11.1. The summed E-state index contributed by atoms with van der Waals surface area (Å²) < 4.78 is 0. The molecule has 2 amide bonds. The number of nitro benzene ring substituents is 1. The van der Waals surface area contributed by atoms with Crippen LogP contribution in [0.15, 0.2) is 12.1 Å². The van der Waals surface area contributed by atoms with Gasteiger partial charge in [-0.25, -0.2) is 0 Å². The number of nitrogens with two attached hydrogens (primary N) is 2. The van der Waals surface area contributed by atoms with Crippen molar-refractivity contribution >= 4 is 34.8 Å². The van der Waals surface area contributed by atoms with E-state index in [1.54, 1.807) is 0 Å². The van der Waals surface area contributed by atoms with Crippen LogP contribution in [0.1, 0.15) is 29.6 Å². The third kappa shape index (κ3) is 4.92. The van der Waals surface area contributed by atoms with Crippen LogP contribution in [0.4, 0.5) is 11.4 Å². The molecule has 0 aliphatic heterocycles. The first-order chi connectivity index (χ1) is 9.82. The highest BCUT2D eigenvalue weighted by Gasteiger charge is 2.19. The van der Waals surface area contributed by atoms with Gasteiger partial charge in [0, 0.05) is 24.6 Å². The number of unbranched alkanes of at least 4 members (excludes halogenated alkanes) is 1. The smallest absolute Gasteiger partial charge is 0.294 e. The van der Waals surface area contributed by atoms with Crippen LogP contribution in [-0.2, 0) is 4.79 Å². The minimum Gasteiger partial charge on any atom is -0.392 e. The lowest BCUT2D eigenvalue weighted by molar-refractivity contribution is -0.383. The molecule has 0 unspecified atom stereocenters. The second-order valence-electron chi connectivity index (χ2n) is 4.33. The fraction of sp³-hybridized carbons (Fsp3) is 0.333. The Balaban J connectivity index is 2.66. The molecule has 0 aliphatic carbocycles. The topological polar surface area (TPSA) is 141 Å². The van der Waals surface area contributed by atoms with Crippen LogP contribution < -0.4 is 16.8 Å². The van der Waals surface area contributed by atoms with Crippen LogP contribution in [0.3, 0.4) is 0 Å². The van der Waals surface area contributed by atoms with Crippen molar-refractivity contribution in [3.05, 3.63) is 32.8 Å². The number of primary amides is 1. The minimum atomic E-state index is -0.704. The number of nitrogens with zero attached hydrogens (tertiary/aromatic N) is 1. The molecule has 8 nitrogen and oxygen atoms in total. The fourth-order valence-corrected chi connectivity index (χ4v) is 1.83. The molecule has 114 valence electrons. The molecule has 0 aliphatic rings. The number of halogens is 1. The van der Waals surface area contributed by atoms with Gasteiger partial charge >= 0.3 is 0 Å². The van der Waals surface area contributed by atoms with Gasteiger partial charge in [-0.2, -0.15) is 0 Å². The molecular weight excluding hydrogens is 300 g/mol. The second-order valence-corrected chi connectivity index (χ2v) is 4.73. The highest BCUT2D eigenvalue weighted by atomic mass is 35.5. The Hall–Kier alpha value is -2.35.